The average molecular weight is 494 g/mol. The molecule has 6 rings (SSSR count). The number of carbonyl (C=O) groups is 3. The van der Waals surface area contributed by atoms with Gasteiger partial charge in [0.15, 0.2) is 0 Å². The summed E-state index contributed by atoms with van der Waals surface area (Å²) in [5.74, 6) is 0.0242. The Bertz CT molecular complexity index is 1510. The largest absolute Gasteiger partial charge is 0.344 e. The van der Waals surface area contributed by atoms with Crippen LogP contribution in [0.4, 0.5) is 5.69 Å². The summed E-state index contributed by atoms with van der Waals surface area (Å²) < 4.78 is 0. The molecule has 2 aliphatic heterocycles. The molecule has 186 valence electrons. The first-order chi connectivity index (χ1) is 18.0. The molecule has 4 aromatic rings. The zero-order valence-corrected chi connectivity index (χ0v) is 20.6. The van der Waals surface area contributed by atoms with Crippen LogP contribution in [-0.2, 0) is 4.79 Å². The smallest absolute Gasteiger partial charge is 0.260 e. The first kappa shape index (κ1) is 23.0. The molecule has 2 aliphatic rings. The van der Waals surface area contributed by atoms with Gasteiger partial charge in [-0.2, -0.15) is 0 Å². The number of carbonyl (C=O) groups excluding carboxylic acids is 3. The highest BCUT2D eigenvalue weighted by Crippen LogP contribution is 2.45. The van der Waals surface area contributed by atoms with Gasteiger partial charge < -0.3 is 15.2 Å². The quantitative estimate of drug-likeness (QED) is 0.411. The Hall–Kier alpha value is -4.46. The van der Waals surface area contributed by atoms with Gasteiger partial charge in [-0.1, -0.05) is 62.7 Å². The number of amides is 3. The van der Waals surface area contributed by atoms with Crippen LogP contribution in [0.1, 0.15) is 64.6 Å². The Kier molecular flexibility index (Phi) is 5.52. The van der Waals surface area contributed by atoms with E-state index < -0.39 is 6.17 Å². The van der Waals surface area contributed by atoms with Crippen molar-refractivity contribution in [3.63, 3.8) is 0 Å². The molecule has 3 atom stereocenters. The predicted octanol–water partition coefficient (Wildman–Crippen LogP) is 4.58. The Labute approximate surface area is 214 Å². The number of fused-ring (bicyclic) bond motifs is 6. The van der Waals surface area contributed by atoms with Gasteiger partial charge in [-0.25, -0.2) is 4.98 Å². The Morgan fingerprint density at radius 1 is 0.973 bits per heavy atom. The Morgan fingerprint density at radius 3 is 2.46 bits per heavy atom. The molecule has 3 aromatic carbocycles. The van der Waals surface area contributed by atoms with Crippen LogP contribution in [0.15, 0.2) is 72.8 Å². The van der Waals surface area contributed by atoms with Crippen molar-refractivity contribution in [2.45, 2.75) is 32.5 Å². The molecule has 37 heavy (non-hydrogen) atoms. The van der Waals surface area contributed by atoms with Crippen LogP contribution in [0, 0.1) is 5.92 Å². The molecule has 0 saturated heterocycles. The van der Waals surface area contributed by atoms with Crippen molar-refractivity contribution in [3.05, 3.63) is 95.3 Å². The van der Waals surface area contributed by atoms with E-state index in [-0.39, 0.29) is 36.2 Å². The van der Waals surface area contributed by atoms with Crippen LogP contribution in [0.3, 0.4) is 0 Å². The second-order valence-corrected chi connectivity index (χ2v) is 9.66. The van der Waals surface area contributed by atoms with Crippen molar-refractivity contribution < 1.29 is 14.4 Å². The van der Waals surface area contributed by atoms with Crippen LogP contribution < -0.4 is 10.2 Å². The lowest BCUT2D eigenvalue weighted by molar-refractivity contribution is -0.123. The standard InChI is InChI=1S/C29H27N5O3/c1-3-17(2)25(26-30-21-13-7-8-14-22(21)31-26)32-24(35)16-33-27-18-10-4-5-11-19(18)29(37)34(27)23-15-9-6-12-20(23)28(33)36/h4-15,17,25,27H,3,16H2,1-2H3,(H,30,31)(H,32,35)/t17-,25-,27+/m0/s1. The minimum absolute atomic E-state index is 0.104. The van der Waals surface area contributed by atoms with Gasteiger partial charge in [0, 0.05) is 11.1 Å². The lowest BCUT2D eigenvalue weighted by Crippen LogP contribution is -2.52. The van der Waals surface area contributed by atoms with Crippen molar-refractivity contribution in [1.82, 2.24) is 20.2 Å². The topological polar surface area (TPSA) is 98.4 Å². The molecule has 0 aliphatic carbocycles. The zero-order valence-electron chi connectivity index (χ0n) is 20.6. The van der Waals surface area contributed by atoms with E-state index in [1.54, 1.807) is 29.2 Å². The first-order valence-corrected chi connectivity index (χ1v) is 12.5. The highest BCUT2D eigenvalue weighted by molar-refractivity contribution is 6.17. The third-order valence-corrected chi connectivity index (χ3v) is 7.43. The van der Waals surface area contributed by atoms with Crippen molar-refractivity contribution in [3.8, 4) is 0 Å². The van der Waals surface area contributed by atoms with Crippen molar-refractivity contribution >= 4 is 34.4 Å². The number of hydrogen-bond acceptors (Lipinski definition) is 4. The van der Waals surface area contributed by atoms with Crippen LogP contribution in [0.5, 0.6) is 0 Å². The number of para-hydroxylation sites is 3. The molecule has 0 spiro atoms. The number of aromatic nitrogens is 2. The molecule has 0 bridgehead atoms. The molecule has 0 fully saturated rings. The molecular weight excluding hydrogens is 466 g/mol. The van der Waals surface area contributed by atoms with Crippen LogP contribution in [0.2, 0.25) is 0 Å². The summed E-state index contributed by atoms with van der Waals surface area (Å²) in [5.41, 5.74) is 3.97. The van der Waals surface area contributed by atoms with E-state index in [1.165, 1.54) is 4.90 Å². The highest BCUT2D eigenvalue weighted by Gasteiger charge is 2.48. The fraction of sp³-hybridized carbons (Fsp3) is 0.241. The van der Waals surface area contributed by atoms with Crippen LogP contribution in [-0.4, -0.2) is 39.1 Å². The first-order valence-electron chi connectivity index (χ1n) is 12.5. The normalized spacial score (nSPS) is 17.8. The number of anilines is 1. The van der Waals surface area contributed by atoms with Gasteiger partial charge in [-0.3, -0.25) is 19.3 Å². The van der Waals surface area contributed by atoms with Gasteiger partial charge in [-0.15, -0.1) is 0 Å². The number of H-pyrrole nitrogens is 1. The lowest BCUT2D eigenvalue weighted by atomic mass is 9.98. The highest BCUT2D eigenvalue weighted by atomic mass is 16.2. The maximum atomic E-state index is 13.7. The number of nitrogens with one attached hydrogen (secondary N) is 2. The van der Waals surface area contributed by atoms with Gasteiger partial charge >= 0.3 is 0 Å². The Balaban J connectivity index is 1.33. The molecule has 0 radical (unpaired) electrons. The summed E-state index contributed by atoms with van der Waals surface area (Å²) in [6.07, 6.45) is 0.154. The molecule has 0 unspecified atom stereocenters. The van der Waals surface area contributed by atoms with E-state index in [2.05, 4.69) is 24.1 Å². The third kappa shape index (κ3) is 3.67. The summed E-state index contributed by atoms with van der Waals surface area (Å²) >= 11 is 0. The fourth-order valence-electron chi connectivity index (χ4n) is 5.34. The van der Waals surface area contributed by atoms with E-state index in [0.29, 0.717) is 22.6 Å². The molecule has 0 saturated carbocycles. The van der Waals surface area contributed by atoms with Gasteiger partial charge in [0.25, 0.3) is 11.8 Å². The summed E-state index contributed by atoms with van der Waals surface area (Å²) in [7, 11) is 0. The van der Waals surface area contributed by atoms with E-state index >= 15 is 0 Å². The maximum absolute atomic E-state index is 13.7. The maximum Gasteiger partial charge on any atom is 0.260 e. The minimum atomic E-state index is -0.676. The van der Waals surface area contributed by atoms with Gasteiger partial charge in [0.2, 0.25) is 5.91 Å². The Morgan fingerprint density at radius 2 is 1.68 bits per heavy atom. The van der Waals surface area contributed by atoms with Crippen LogP contribution >= 0.6 is 0 Å². The van der Waals surface area contributed by atoms with Crippen LogP contribution in [0.25, 0.3) is 11.0 Å². The SMILES string of the molecule is CC[C@H](C)[C@H](NC(=O)CN1C(=O)c2ccccc2N2C(=O)c3ccccc3[C@H]12)c1nc2ccccc2[nH]1. The molecule has 3 amide bonds. The molecular formula is C29H27N5O3. The summed E-state index contributed by atoms with van der Waals surface area (Å²) in [6.45, 7) is 3.94. The summed E-state index contributed by atoms with van der Waals surface area (Å²) in [5, 5.41) is 3.12. The monoisotopic (exact) mass is 493 g/mol. The van der Waals surface area contributed by atoms with Crippen molar-refractivity contribution in [2.24, 2.45) is 5.92 Å². The fourth-order valence-corrected chi connectivity index (χ4v) is 5.34. The van der Waals surface area contributed by atoms with Gasteiger partial charge in [0.05, 0.1) is 28.3 Å². The summed E-state index contributed by atoms with van der Waals surface area (Å²) in [6, 6.07) is 21.7. The van der Waals surface area contributed by atoms with E-state index in [1.807, 2.05) is 48.5 Å². The van der Waals surface area contributed by atoms with Gasteiger partial charge in [-0.05, 0) is 36.2 Å². The van der Waals surface area contributed by atoms with E-state index in [9.17, 15) is 14.4 Å². The van der Waals surface area contributed by atoms with Crippen molar-refractivity contribution in [1.29, 1.82) is 0 Å². The molecule has 3 heterocycles. The second kappa shape index (κ2) is 8.89. The van der Waals surface area contributed by atoms with E-state index in [0.717, 1.165) is 23.0 Å². The number of imidazole rings is 1. The van der Waals surface area contributed by atoms with Gasteiger partial charge in [0.1, 0.15) is 18.5 Å². The number of aromatic amines is 1. The summed E-state index contributed by atoms with van der Waals surface area (Å²) in [4.78, 5) is 51.7. The van der Waals surface area contributed by atoms with Crippen molar-refractivity contribution in [2.75, 3.05) is 11.4 Å². The number of hydrogen-bond donors (Lipinski definition) is 2. The average Bonchev–Trinajstić information content (AvgIpc) is 3.48. The molecule has 1 aromatic heterocycles. The molecule has 2 N–H and O–H groups in total. The predicted molar refractivity (Wildman–Crippen MR) is 140 cm³/mol. The second-order valence-electron chi connectivity index (χ2n) is 9.66. The third-order valence-electron chi connectivity index (χ3n) is 7.43. The minimum Gasteiger partial charge on any atom is -0.344 e. The molecule has 8 heteroatoms. The number of nitrogens with zero attached hydrogens (tertiary/aromatic N) is 3. The molecule has 8 nitrogen and oxygen atoms in total. The number of rotatable bonds is 6. The number of benzene rings is 3. The zero-order chi connectivity index (χ0) is 25.7. The van der Waals surface area contributed by atoms with E-state index in [4.69, 9.17) is 4.98 Å². The lowest BCUT2D eigenvalue weighted by Gasteiger charge is -2.40.